The van der Waals surface area contributed by atoms with E-state index in [-0.39, 0.29) is 24.0 Å². The van der Waals surface area contributed by atoms with Gasteiger partial charge in [-0.2, -0.15) is 0 Å². The van der Waals surface area contributed by atoms with Crippen LogP contribution in [0, 0.1) is 10.7 Å². The number of esters is 1. The number of amides is 1. The number of rotatable bonds is 9. The molecule has 1 aromatic heterocycles. The van der Waals surface area contributed by atoms with Crippen LogP contribution in [-0.2, 0) is 20.8 Å². The monoisotopic (exact) mass is 421 g/mol. The topological polar surface area (TPSA) is 93.6 Å². The highest BCUT2D eigenvalue weighted by Crippen LogP contribution is 2.14. The van der Waals surface area contributed by atoms with E-state index >= 15 is 0 Å². The number of aromatic amines is 1. The van der Waals surface area contributed by atoms with Crippen LogP contribution in [0.4, 0.5) is 0 Å². The number of aromatic nitrogens is 2. The minimum Gasteiger partial charge on any atom is -0.469 e. The summed E-state index contributed by atoms with van der Waals surface area (Å²) in [6.45, 7) is 5.23. The molecule has 1 aromatic carbocycles. The van der Waals surface area contributed by atoms with Gasteiger partial charge in [0, 0.05) is 38.9 Å². The quantitative estimate of drug-likeness (QED) is 0.380. The molecule has 8 nitrogen and oxygen atoms in total. The molecule has 0 fully saturated rings. The summed E-state index contributed by atoms with van der Waals surface area (Å²) in [5.41, 5.74) is 0.718. The van der Waals surface area contributed by atoms with E-state index in [2.05, 4.69) is 4.98 Å². The fourth-order valence-corrected chi connectivity index (χ4v) is 3.39. The van der Waals surface area contributed by atoms with Crippen LogP contribution in [0.2, 0.25) is 0 Å². The summed E-state index contributed by atoms with van der Waals surface area (Å²) in [6, 6.07) is 4.87. The Labute approximate surface area is 174 Å². The molecule has 0 bridgehead atoms. The summed E-state index contributed by atoms with van der Waals surface area (Å²) in [7, 11) is 2.93. The van der Waals surface area contributed by atoms with Gasteiger partial charge in [-0.25, -0.2) is 0 Å². The van der Waals surface area contributed by atoms with Crippen molar-refractivity contribution < 1.29 is 19.1 Å². The number of fused-ring (bicyclic) bond motifs is 1. The number of methoxy groups -OCH3 is 2. The number of carbonyl (C=O) groups excluding carboxylic acids is 2. The molecule has 0 saturated carbocycles. The van der Waals surface area contributed by atoms with Gasteiger partial charge in [0.2, 0.25) is 0 Å². The second-order valence-electron chi connectivity index (χ2n) is 6.76. The highest BCUT2D eigenvalue weighted by atomic mass is 32.1. The van der Waals surface area contributed by atoms with E-state index in [9.17, 15) is 14.4 Å². The van der Waals surface area contributed by atoms with Crippen molar-refractivity contribution in [3.63, 3.8) is 0 Å². The van der Waals surface area contributed by atoms with Crippen LogP contribution >= 0.6 is 12.2 Å². The van der Waals surface area contributed by atoms with Crippen LogP contribution in [0.25, 0.3) is 10.9 Å². The zero-order valence-corrected chi connectivity index (χ0v) is 18.0. The average molecular weight is 422 g/mol. The van der Waals surface area contributed by atoms with Crippen molar-refractivity contribution in [2.75, 3.05) is 33.9 Å². The number of hydrogen-bond acceptors (Lipinski definition) is 6. The number of nitrogens with one attached hydrogen (secondary N) is 1. The molecule has 2 rings (SSSR count). The Balaban J connectivity index is 2.34. The molecule has 0 aliphatic carbocycles. The highest BCUT2D eigenvalue weighted by Gasteiger charge is 2.22. The normalized spacial score (nSPS) is 12.0. The minimum absolute atomic E-state index is 0.203. The van der Waals surface area contributed by atoms with Crippen LogP contribution in [-0.4, -0.2) is 60.2 Å². The Kier molecular flexibility index (Phi) is 8.10. The third-order valence-electron chi connectivity index (χ3n) is 4.73. The summed E-state index contributed by atoms with van der Waals surface area (Å²) in [4.78, 5) is 42.0. The third-order valence-corrected chi connectivity index (χ3v) is 5.05. The van der Waals surface area contributed by atoms with E-state index in [0.717, 1.165) is 0 Å². The number of carbonyl (C=O) groups is 2. The molecular weight excluding hydrogens is 394 g/mol. The standard InChI is InChI=1S/C20H27N3O5S/c1-5-22(12-13(2)19(26)28-4)17(24)14-7-8-15-16(11-14)21-20(29)23(18(15)25)9-6-10-27-3/h7-8,11,13H,5-6,9-10,12H2,1-4H3,(H,21,29). The number of H-pyrrole nitrogens is 1. The van der Waals surface area contributed by atoms with Gasteiger partial charge in [-0.3, -0.25) is 19.0 Å². The summed E-state index contributed by atoms with van der Waals surface area (Å²) >= 11 is 5.32. The van der Waals surface area contributed by atoms with Crippen LogP contribution in [0.15, 0.2) is 23.0 Å². The Morgan fingerprint density at radius 3 is 2.66 bits per heavy atom. The second-order valence-corrected chi connectivity index (χ2v) is 7.15. The molecule has 0 spiro atoms. The van der Waals surface area contributed by atoms with Gasteiger partial charge in [-0.15, -0.1) is 0 Å². The summed E-state index contributed by atoms with van der Waals surface area (Å²) < 4.78 is 11.6. The predicted octanol–water partition coefficient (Wildman–Crippen LogP) is 2.37. The molecule has 0 saturated heterocycles. The molecular formula is C20H27N3O5S. The van der Waals surface area contributed by atoms with Gasteiger partial charge in [-0.1, -0.05) is 6.92 Å². The average Bonchev–Trinajstić information content (AvgIpc) is 2.72. The van der Waals surface area contributed by atoms with E-state index in [1.807, 2.05) is 6.92 Å². The van der Waals surface area contributed by atoms with Crippen LogP contribution in [0.1, 0.15) is 30.6 Å². The molecule has 158 valence electrons. The zero-order valence-electron chi connectivity index (χ0n) is 17.2. The first kappa shape index (κ1) is 22.8. The van der Waals surface area contributed by atoms with Crippen molar-refractivity contribution in [2.24, 2.45) is 5.92 Å². The first-order valence-corrected chi connectivity index (χ1v) is 9.87. The highest BCUT2D eigenvalue weighted by molar-refractivity contribution is 7.71. The maximum atomic E-state index is 12.9. The van der Waals surface area contributed by atoms with E-state index in [4.69, 9.17) is 21.7 Å². The van der Waals surface area contributed by atoms with Crippen molar-refractivity contribution in [1.82, 2.24) is 14.5 Å². The summed E-state index contributed by atoms with van der Waals surface area (Å²) in [5, 5.41) is 0.457. The lowest BCUT2D eigenvalue weighted by molar-refractivity contribution is -0.145. The predicted molar refractivity (Wildman–Crippen MR) is 113 cm³/mol. The molecule has 1 amide bonds. The van der Waals surface area contributed by atoms with Crippen LogP contribution in [0.5, 0.6) is 0 Å². The Morgan fingerprint density at radius 2 is 2.03 bits per heavy atom. The van der Waals surface area contributed by atoms with Crippen molar-refractivity contribution in [3.8, 4) is 0 Å². The second kappa shape index (κ2) is 10.3. The lowest BCUT2D eigenvalue weighted by Gasteiger charge is -2.23. The summed E-state index contributed by atoms with van der Waals surface area (Å²) in [5.74, 6) is -1.03. The van der Waals surface area contributed by atoms with Gasteiger partial charge in [0.1, 0.15) is 0 Å². The molecule has 0 radical (unpaired) electrons. The van der Waals surface area contributed by atoms with Crippen LogP contribution in [0.3, 0.4) is 0 Å². The van der Waals surface area contributed by atoms with Crippen molar-refractivity contribution >= 4 is 35.0 Å². The van der Waals surface area contributed by atoms with E-state index in [0.29, 0.717) is 47.4 Å². The molecule has 29 heavy (non-hydrogen) atoms. The molecule has 1 atom stereocenters. The Morgan fingerprint density at radius 1 is 1.31 bits per heavy atom. The smallest absolute Gasteiger partial charge is 0.310 e. The van der Waals surface area contributed by atoms with Crippen molar-refractivity contribution in [1.29, 1.82) is 0 Å². The number of hydrogen-bond donors (Lipinski definition) is 1. The van der Waals surface area contributed by atoms with E-state index in [1.165, 1.54) is 11.7 Å². The van der Waals surface area contributed by atoms with Gasteiger partial charge < -0.3 is 19.4 Å². The molecule has 2 aromatic rings. The number of nitrogens with zero attached hydrogens (tertiary/aromatic N) is 2. The Hall–Kier alpha value is -2.52. The molecule has 1 heterocycles. The fourth-order valence-electron chi connectivity index (χ4n) is 3.10. The van der Waals surface area contributed by atoms with E-state index in [1.54, 1.807) is 37.1 Å². The van der Waals surface area contributed by atoms with Gasteiger partial charge in [0.15, 0.2) is 4.77 Å². The van der Waals surface area contributed by atoms with Gasteiger partial charge in [0.05, 0.1) is 23.9 Å². The first-order chi connectivity index (χ1) is 13.8. The zero-order chi connectivity index (χ0) is 21.6. The van der Waals surface area contributed by atoms with E-state index < -0.39 is 5.92 Å². The van der Waals surface area contributed by atoms with Crippen molar-refractivity contribution in [2.45, 2.75) is 26.8 Å². The first-order valence-electron chi connectivity index (χ1n) is 9.46. The molecule has 0 aliphatic heterocycles. The molecule has 1 N–H and O–H groups in total. The number of ether oxygens (including phenoxy) is 2. The molecule has 9 heteroatoms. The van der Waals surface area contributed by atoms with Gasteiger partial charge >= 0.3 is 5.97 Å². The van der Waals surface area contributed by atoms with Crippen LogP contribution < -0.4 is 5.56 Å². The maximum absolute atomic E-state index is 12.9. The van der Waals surface area contributed by atoms with Gasteiger partial charge in [0.25, 0.3) is 11.5 Å². The lowest BCUT2D eigenvalue weighted by Crippen LogP contribution is -2.37. The van der Waals surface area contributed by atoms with Gasteiger partial charge in [-0.05, 0) is 43.8 Å². The lowest BCUT2D eigenvalue weighted by atomic mass is 10.1. The fraction of sp³-hybridized carbons (Fsp3) is 0.500. The van der Waals surface area contributed by atoms with Crippen molar-refractivity contribution in [3.05, 3.63) is 38.9 Å². The minimum atomic E-state index is -0.436. The molecule has 1 unspecified atom stereocenters. The largest absolute Gasteiger partial charge is 0.469 e. The number of benzene rings is 1. The maximum Gasteiger partial charge on any atom is 0.310 e. The third kappa shape index (κ3) is 5.30. The Bertz CT molecular complexity index is 998. The SMILES string of the molecule is CCN(CC(C)C(=O)OC)C(=O)c1ccc2c(=O)n(CCCOC)c(=S)[nH]c2c1. The molecule has 0 aliphatic rings. The summed E-state index contributed by atoms with van der Waals surface area (Å²) in [6.07, 6.45) is 0.666.